The predicted octanol–water partition coefficient (Wildman–Crippen LogP) is 3.85. The zero-order chi connectivity index (χ0) is 55.9. The van der Waals surface area contributed by atoms with Crippen LogP contribution in [0.3, 0.4) is 0 Å². The lowest BCUT2D eigenvalue weighted by atomic mass is 9.84. The molecule has 3 aliphatic rings. The number of phosphoric ester groups is 1. The number of carbonyl (C=O) groups excluding carboxylic acids is 1. The first-order valence-corrected chi connectivity index (χ1v) is 30.4. The van der Waals surface area contributed by atoms with Gasteiger partial charge in [0.1, 0.15) is 91.6 Å². The molecule has 0 aromatic heterocycles. The highest BCUT2D eigenvalue weighted by Crippen LogP contribution is 2.49. The monoisotopic (exact) mass is 1120 g/mol. The van der Waals surface area contributed by atoms with Crippen LogP contribution in [0.4, 0.5) is 0 Å². The lowest BCUT2D eigenvalue weighted by Crippen LogP contribution is -2.69. The van der Waals surface area contributed by atoms with Crippen molar-refractivity contribution < 1.29 is 108 Å². The smallest absolute Gasteiger partial charge is 0.457 e. The fourth-order valence-electron chi connectivity index (χ4n) is 9.89. The molecular weight excluding hydrogens is 1020 g/mol. The number of phosphoric acid groups is 1. The van der Waals surface area contributed by atoms with Gasteiger partial charge in [0.2, 0.25) is 0 Å². The van der Waals surface area contributed by atoms with E-state index in [1.807, 2.05) is 0 Å². The number of hydrogen-bond acceptors (Lipinski definition) is 21. The molecule has 18 atom stereocenters. The summed E-state index contributed by atoms with van der Waals surface area (Å²) in [5.74, 6) is -0.598. The third-order valence-electron chi connectivity index (χ3n) is 14.7. The molecule has 1 aliphatic carbocycles. The quantitative estimate of drug-likeness (QED) is 0.0234. The van der Waals surface area contributed by atoms with E-state index in [1.54, 1.807) is 0 Å². The maximum absolute atomic E-state index is 14.0. The van der Waals surface area contributed by atoms with Crippen LogP contribution < -0.4 is 0 Å². The molecule has 0 aromatic carbocycles. The van der Waals surface area contributed by atoms with E-state index in [-0.39, 0.29) is 13.0 Å². The summed E-state index contributed by atoms with van der Waals surface area (Å²) < 4.78 is 58.8. The first kappa shape index (κ1) is 69.2. The zero-order valence-electron chi connectivity index (χ0n) is 45.5. The molecule has 0 bridgehead atoms. The van der Waals surface area contributed by atoms with Crippen LogP contribution in [0.15, 0.2) is 0 Å². The number of aliphatic hydroxyl groups excluding tert-OH is 11. The standard InChI is InChI=1S/C53H101O22P/c1-3-5-7-9-11-13-15-17-19-21-23-25-27-29-31-68-34-36(70-39(56)30-28-26-24-22-20-18-16-14-12-10-8-6-4-2)35-69-76(66,67)75-51-49(73-52-47(64)42(59)40(57)37(32-54)71-52)45(62)44(61)46(63)50(51)74-53-48(65)43(60)41(58)38(33-55)72-53/h36-38,40-55,57-65H,3-35H2,1-2H3,(H,66,67)/t36-,37-,38-,40-,41-,42+,43+,44?,45-,46+,47+,48+,49-,50-,51?,52-,53-/m1/s1. The number of rotatable bonds is 43. The van der Waals surface area contributed by atoms with E-state index in [2.05, 4.69) is 13.8 Å². The summed E-state index contributed by atoms with van der Waals surface area (Å²) in [7, 11) is -5.53. The average Bonchev–Trinajstić information content (AvgIpc) is 3.41. The molecule has 0 amide bonds. The normalized spacial score (nSPS) is 32.3. The number of hydrogen-bond donors (Lipinski definition) is 12. The van der Waals surface area contributed by atoms with Crippen LogP contribution >= 0.6 is 7.82 Å². The SMILES string of the molecule is CCCCCCCCCCCCCCCCOC[C@H](COP(=O)(O)OC1[C@H](O[C@H]2O[C@H](CO)[C@@H](O)[C@H](O)[C@@H]2O)[C@H](O)C(O)[C@H](O)[C@H]1O[C@H]1O[C@H](CO)[C@@H](O)[C@H](O)[C@@H]1O)OC(=O)CCCCCCCCCCCCCCC. The van der Waals surface area contributed by atoms with Crippen molar-refractivity contribution in [3.8, 4) is 0 Å². The molecule has 0 radical (unpaired) electrons. The van der Waals surface area contributed by atoms with Gasteiger partial charge in [0.25, 0.3) is 0 Å². The van der Waals surface area contributed by atoms with Crippen LogP contribution in [0.25, 0.3) is 0 Å². The second kappa shape index (κ2) is 39.4. The first-order chi connectivity index (χ1) is 36.5. The lowest BCUT2D eigenvalue weighted by molar-refractivity contribution is -0.360. The lowest BCUT2D eigenvalue weighted by Gasteiger charge is -2.49. The summed E-state index contributed by atoms with van der Waals surface area (Å²) in [5, 5.41) is 117. The Morgan fingerprint density at radius 2 is 0.816 bits per heavy atom. The van der Waals surface area contributed by atoms with Gasteiger partial charge in [-0.3, -0.25) is 13.8 Å². The third-order valence-corrected chi connectivity index (χ3v) is 15.7. The molecule has 76 heavy (non-hydrogen) atoms. The Bertz CT molecular complexity index is 1470. The van der Waals surface area contributed by atoms with Crippen molar-refractivity contribution in [2.24, 2.45) is 0 Å². The number of esters is 1. The number of carbonyl (C=O) groups is 1. The maximum Gasteiger partial charge on any atom is 0.472 e. The molecule has 12 N–H and O–H groups in total. The van der Waals surface area contributed by atoms with Gasteiger partial charge >= 0.3 is 13.8 Å². The summed E-state index contributed by atoms with van der Waals surface area (Å²) in [6, 6.07) is 0. The van der Waals surface area contributed by atoms with Crippen molar-refractivity contribution in [1.82, 2.24) is 0 Å². The van der Waals surface area contributed by atoms with Crippen LogP contribution in [-0.2, 0) is 46.8 Å². The van der Waals surface area contributed by atoms with Crippen LogP contribution in [0.5, 0.6) is 0 Å². The van der Waals surface area contributed by atoms with Crippen molar-refractivity contribution in [3.63, 3.8) is 0 Å². The van der Waals surface area contributed by atoms with Crippen molar-refractivity contribution in [2.45, 2.75) is 298 Å². The molecule has 2 saturated heterocycles. The molecule has 3 unspecified atom stereocenters. The van der Waals surface area contributed by atoms with E-state index in [9.17, 15) is 70.4 Å². The van der Waals surface area contributed by atoms with Crippen molar-refractivity contribution in [1.29, 1.82) is 0 Å². The van der Waals surface area contributed by atoms with Gasteiger partial charge in [0.05, 0.1) is 26.4 Å². The van der Waals surface area contributed by atoms with Gasteiger partial charge in [-0.2, -0.15) is 0 Å². The number of ether oxygens (including phenoxy) is 6. The molecule has 2 aliphatic heterocycles. The van der Waals surface area contributed by atoms with Crippen LogP contribution in [0.2, 0.25) is 0 Å². The fraction of sp³-hybridized carbons (Fsp3) is 0.981. The summed E-state index contributed by atoms with van der Waals surface area (Å²) >= 11 is 0. The van der Waals surface area contributed by atoms with Gasteiger partial charge in [0, 0.05) is 13.0 Å². The molecule has 23 heteroatoms. The molecule has 3 rings (SSSR count). The maximum atomic E-state index is 14.0. The summed E-state index contributed by atoms with van der Waals surface area (Å²) in [5.41, 5.74) is 0. The van der Waals surface area contributed by atoms with E-state index >= 15 is 0 Å². The van der Waals surface area contributed by atoms with E-state index in [0.717, 1.165) is 51.4 Å². The molecule has 450 valence electrons. The summed E-state index contributed by atoms with van der Waals surface area (Å²) in [6.45, 7) is 1.90. The highest BCUT2D eigenvalue weighted by molar-refractivity contribution is 7.47. The number of unbranched alkanes of at least 4 members (excludes halogenated alkanes) is 25. The van der Waals surface area contributed by atoms with Crippen molar-refractivity contribution in [3.05, 3.63) is 0 Å². The Labute approximate surface area is 451 Å². The average molecular weight is 1120 g/mol. The van der Waals surface area contributed by atoms with Gasteiger partial charge in [-0.05, 0) is 12.8 Å². The Morgan fingerprint density at radius 3 is 1.20 bits per heavy atom. The minimum atomic E-state index is -5.53. The Morgan fingerprint density at radius 1 is 0.461 bits per heavy atom. The molecule has 0 aromatic rings. The van der Waals surface area contributed by atoms with E-state index in [1.165, 1.54) is 109 Å². The minimum Gasteiger partial charge on any atom is -0.457 e. The summed E-state index contributed by atoms with van der Waals surface area (Å²) in [6.07, 6.45) is -2.96. The molecule has 3 fully saturated rings. The van der Waals surface area contributed by atoms with Gasteiger partial charge in [-0.1, -0.05) is 174 Å². The van der Waals surface area contributed by atoms with E-state index in [4.69, 9.17) is 37.5 Å². The number of aliphatic hydroxyl groups is 11. The highest BCUT2D eigenvalue weighted by atomic mass is 31.2. The second-order valence-electron chi connectivity index (χ2n) is 21.2. The second-order valence-corrected chi connectivity index (χ2v) is 22.6. The Hall–Kier alpha value is -1.06. The van der Waals surface area contributed by atoms with E-state index in [0.29, 0.717) is 19.4 Å². The van der Waals surface area contributed by atoms with Gasteiger partial charge in [0.15, 0.2) is 12.6 Å². The Balaban J connectivity index is 1.69. The molecule has 0 spiro atoms. The van der Waals surface area contributed by atoms with Crippen LogP contribution in [0.1, 0.15) is 194 Å². The summed E-state index contributed by atoms with van der Waals surface area (Å²) in [4.78, 5) is 24.5. The van der Waals surface area contributed by atoms with Gasteiger partial charge in [-0.15, -0.1) is 0 Å². The third kappa shape index (κ3) is 25.0. The molecule has 2 heterocycles. The van der Waals surface area contributed by atoms with Crippen LogP contribution in [-0.4, -0.2) is 204 Å². The van der Waals surface area contributed by atoms with Crippen molar-refractivity contribution in [2.75, 3.05) is 33.0 Å². The van der Waals surface area contributed by atoms with Gasteiger partial charge < -0.3 is 89.5 Å². The van der Waals surface area contributed by atoms with E-state index < -0.39 is 138 Å². The minimum absolute atomic E-state index is 0.0641. The first-order valence-electron chi connectivity index (χ1n) is 28.9. The molecule has 22 nitrogen and oxygen atoms in total. The Kier molecular flexibility index (Phi) is 35.9. The molecular formula is C53H101O22P. The topological polar surface area (TPSA) is 351 Å². The molecule has 1 saturated carbocycles. The predicted molar refractivity (Wildman–Crippen MR) is 277 cm³/mol. The zero-order valence-corrected chi connectivity index (χ0v) is 46.4. The van der Waals surface area contributed by atoms with Crippen LogP contribution in [0, 0.1) is 0 Å². The van der Waals surface area contributed by atoms with Gasteiger partial charge in [-0.25, -0.2) is 4.57 Å². The highest BCUT2D eigenvalue weighted by Gasteiger charge is 2.58. The largest absolute Gasteiger partial charge is 0.472 e. The van der Waals surface area contributed by atoms with Crippen molar-refractivity contribution >= 4 is 13.8 Å². The fourth-order valence-corrected chi connectivity index (χ4v) is 10.9.